The molecule has 1 fully saturated rings. The molecule has 0 amide bonds. The first kappa shape index (κ1) is 11.4. The highest BCUT2D eigenvalue weighted by atomic mass is 16.7. The summed E-state index contributed by atoms with van der Waals surface area (Å²) in [5, 5.41) is 28.2. The monoisotopic (exact) mass is 235 g/mol. The molecule has 2 N–H and O–H groups in total. The number of benzene rings is 1. The Morgan fingerprint density at radius 1 is 1.35 bits per heavy atom. The average Bonchev–Trinajstić information content (AvgIpc) is 2.83. The van der Waals surface area contributed by atoms with Crippen molar-refractivity contribution in [3.8, 4) is 17.6 Å². The van der Waals surface area contributed by atoms with Crippen LogP contribution in [0, 0.1) is 11.3 Å². The van der Waals surface area contributed by atoms with Gasteiger partial charge in [0, 0.05) is 0 Å². The summed E-state index contributed by atoms with van der Waals surface area (Å²) >= 11 is 0. The molecule has 6 heteroatoms. The van der Waals surface area contributed by atoms with Gasteiger partial charge in [-0.25, -0.2) is 0 Å². The summed E-state index contributed by atoms with van der Waals surface area (Å²) in [6, 6.07) is 2.88. The molecule has 0 bridgehead atoms. The van der Waals surface area contributed by atoms with Crippen molar-refractivity contribution in [2.75, 3.05) is 13.2 Å². The molecule has 0 aromatic heterocycles. The van der Waals surface area contributed by atoms with E-state index in [1.54, 1.807) is 6.07 Å². The van der Waals surface area contributed by atoms with E-state index in [1.807, 2.05) is 0 Å². The fourth-order valence-electron chi connectivity index (χ4n) is 1.62. The summed E-state index contributed by atoms with van der Waals surface area (Å²) in [6.45, 7) is 0.729. The minimum atomic E-state index is -0.818. The third-order valence-electron chi connectivity index (χ3n) is 2.45. The maximum absolute atomic E-state index is 10.7. The molecule has 17 heavy (non-hydrogen) atoms. The average molecular weight is 235 g/mol. The second-order valence-corrected chi connectivity index (χ2v) is 3.43. The summed E-state index contributed by atoms with van der Waals surface area (Å²) in [5.41, 5.74) is -0.281. The quantitative estimate of drug-likeness (QED) is 0.736. The fraction of sp³-hybridized carbons (Fsp3) is 0.273. The molecule has 88 valence electrons. The lowest BCUT2D eigenvalue weighted by molar-refractivity contribution is -0.0455. The van der Waals surface area contributed by atoms with Crippen molar-refractivity contribution in [2.24, 2.45) is 0 Å². The van der Waals surface area contributed by atoms with E-state index in [4.69, 9.17) is 14.7 Å². The predicted molar refractivity (Wildman–Crippen MR) is 54.5 cm³/mol. The number of hydrogen-bond acceptors (Lipinski definition) is 6. The number of nitrogens with zero attached hydrogens (tertiary/aromatic N) is 1. The van der Waals surface area contributed by atoms with Gasteiger partial charge in [-0.15, -0.1) is 0 Å². The number of hydrogen-bond donors (Lipinski definition) is 2. The molecule has 1 aliphatic heterocycles. The van der Waals surface area contributed by atoms with E-state index < -0.39 is 17.8 Å². The number of carbonyl (C=O) groups is 1. The maximum Gasteiger partial charge on any atom is 0.187 e. The zero-order valence-corrected chi connectivity index (χ0v) is 8.71. The van der Waals surface area contributed by atoms with Crippen molar-refractivity contribution >= 4 is 6.29 Å². The molecular weight excluding hydrogens is 226 g/mol. The van der Waals surface area contributed by atoms with E-state index in [9.17, 15) is 15.0 Å². The van der Waals surface area contributed by atoms with E-state index in [-0.39, 0.29) is 16.7 Å². The van der Waals surface area contributed by atoms with Gasteiger partial charge in [0.15, 0.2) is 12.6 Å². The largest absolute Gasteiger partial charge is 0.506 e. The Balaban J connectivity index is 2.59. The summed E-state index contributed by atoms with van der Waals surface area (Å²) in [7, 11) is 0. The molecule has 2 rings (SSSR count). The Morgan fingerprint density at radius 3 is 2.53 bits per heavy atom. The van der Waals surface area contributed by atoms with Crippen LogP contribution >= 0.6 is 0 Å². The Morgan fingerprint density at radius 2 is 2.00 bits per heavy atom. The van der Waals surface area contributed by atoms with Crippen LogP contribution in [0.4, 0.5) is 0 Å². The predicted octanol–water partition coefficient (Wildman–Crippen LogP) is 0.827. The van der Waals surface area contributed by atoms with Crippen LogP contribution in [-0.2, 0) is 9.47 Å². The van der Waals surface area contributed by atoms with Gasteiger partial charge in [0.05, 0.1) is 24.3 Å². The lowest BCUT2D eigenvalue weighted by atomic mass is 10.0. The summed E-state index contributed by atoms with van der Waals surface area (Å²) in [6.07, 6.45) is -0.421. The third kappa shape index (κ3) is 1.82. The van der Waals surface area contributed by atoms with Crippen molar-refractivity contribution in [1.82, 2.24) is 0 Å². The maximum atomic E-state index is 10.7. The van der Waals surface area contributed by atoms with Gasteiger partial charge in [-0.2, -0.15) is 5.26 Å². The molecule has 1 saturated heterocycles. The number of carbonyl (C=O) groups excluding carboxylic acids is 1. The van der Waals surface area contributed by atoms with Crippen LogP contribution in [0.25, 0.3) is 0 Å². The molecule has 1 heterocycles. The number of ether oxygens (including phenoxy) is 2. The SMILES string of the molecule is N#Cc1c(O)c(C=O)cc(C2OCCO2)c1O. The molecular formula is C11H9NO5. The molecule has 1 aliphatic rings. The van der Waals surface area contributed by atoms with Gasteiger partial charge < -0.3 is 19.7 Å². The molecule has 1 aromatic carbocycles. The first-order valence-electron chi connectivity index (χ1n) is 4.86. The lowest BCUT2D eigenvalue weighted by Crippen LogP contribution is -2.02. The number of aromatic hydroxyl groups is 2. The second kappa shape index (κ2) is 4.41. The van der Waals surface area contributed by atoms with Gasteiger partial charge in [-0.3, -0.25) is 4.79 Å². The van der Waals surface area contributed by atoms with E-state index in [0.29, 0.717) is 19.5 Å². The number of nitriles is 1. The first-order valence-corrected chi connectivity index (χ1v) is 4.86. The highest BCUT2D eigenvalue weighted by Gasteiger charge is 2.26. The molecule has 0 unspecified atom stereocenters. The molecule has 0 atom stereocenters. The van der Waals surface area contributed by atoms with Gasteiger partial charge in [-0.05, 0) is 6.07 Å². The van der Waals surface area contributed by atoms with Gasteiger partial charge in [0.1, 0.15) is 23.1 Å². The standard InChI is InChI=1S/C11H9NO5/c12-4-8-9(14)6(5-13)3-7(10(8)15)11-16-1-2-17-11/h3,5,11,14-15H,1-2H2. The summed E-state index contributed by atoms with van der Waals surface area (Å²) in [5.74, 6) is -0.968. The minimum absolute atomic E-state index is 0.0894. The van der Waals surface area contributed by atoms with Crippen molar-refractivity contribution in [3.63, 3.8) is 0 Å². The minimum Gasteiger partial charge on any atom is -0.506 e. The number of phenols is 2. The van der Waals surface area contributed by atoms with Gasteiger partial charge in [0.2, 0.25) is 0 Å². The van der Waals surface area contributed by atoms with Crippen molar-refractivity contribution in [2.45, 2.75) is 6.29 Å². The van der Waals surface area contributed by atoms with Crippen molar-refractivity contribution < 1.29 is 24.5 Å². The van der Waals surface area contributed by atoms with Crippen LogP contribution in [-0.4, -0.2) is 29.7 Å². The molecule has 0 aliphatic carbocycles. The highest BCUT2D eigenvalue weighted by Crippen LogP contribution is 2.38. The smallest absolute Gasteiger partial charge is 0.187 e. The Labute approximate surface area is 96.6 Å². The Hall–Kier alpha value is -2.10. The molecule has 6 nitrogen and oxygen atoms in total. The van der Waals surface area contributed by atoms with E-state index in [2.05, 4.69) is 0 Å². The van der Waals surface area contributed by atoms with E-state index >= 15 is 0 Å². The third-order valence-corrected chi connectivity index (χ3v) is 2.45. The second-order valence-electron chi connectivity index (χ2n) is 3.43. The molecule has 1 aromatic rings. The van der Waals surface area contributed by atoms with Gasteiger partial charge in [-0.1, -0.05) is 0 Å². The molecule has 0 radical (unpaired) electrons. The highest BCUT2D eigenvalue weighted by molar-refractivity contribution is 5.83. The summed E-state index contributed by atoms with van der Waals surface area (Å²) < 4.78 is 10.3. The Bertz CT molecular complexity index is 500. The molecule has 0 saturated carbocycles. The first-order chi connectivity index (χ1) is 8.19. The number of phenolic OH excluding ortho intramolecular Hbond substituents is 2. The van der Waals surface area contributed by atoms with Gasteiger partial charge >= 0.3 is 0 Å². The van der Waals surface area contributed by atoms with Crippen molar-refractivity contribution in [1.29, 1.82) is 5.26 Å². The Kier molecular flexibility index (Phi) is 2.95. The van der Waals surface area contributed by atoms with Gasteiger partial charge in [0.25, 0.3) is 0 Å². The van der Waals surface area contributed by atoms with Crippen LogP contribution in [0.15, 0.2) is 6.07 Å². The zero-order chi connectivity index (χ0) is 12.4. The van der Waals surface area contributed by atoms with Crippen LogP contribution in [0.3, 0.4) is 0 Å². The number of rotatable bonds is 2. The summed E-state index contributed by atoms with van der Waals surface area (Å²) in [4.78, 5) is 10.7. The van der Waals surface area contributed by atoms with Crippen LogP contribution in [0.5, 0.6) is 11.5 Å². The van der Waals surface area contributed by atoms with Crippen LogP contribution in [0.2, 0.25) is 0 Å². The van der Waals surface area contributed by atoms with Crippen molar-refractivity contribution in [3.05, 3.63) is 22.8 Å². The van der Waals surface area contributed by atoms with Crippen LogP contribution < -0.4 is 0 Å². The van der Waals surface area contributed by atoms with E-state index in [1.165, 1.54) is 6.07 Å². The topological polar surface area (TPSA) is 99.8 Å². The normalized spacial score (nSPS) is 15.7. The van der Waals surface area contributed by atoms with Crippen LogP contribution in [0.1, 0.15) is 27.8 Å². The fourth-order valence-corrected chi connectivity index (χ4v) is 1.62. The zero-order valence-electron chi connectivity index (χ0n) is 8.71. The van der Waals surface area contributed by atoms with E-state index in [0.717, 1.165) is 0 Å². The number of aldehydes is 1. The lowest BCUT2D eigenvalue weighted by Gasteiger charge is -2.13. The molecule has 0 spiro atoms.